The number of para-hydroxylation sites is 3. The Kier molecular flexibility index (Phi) is 14.3. The van der Waals surface area contributed by atoms with E-state index in [-0.39, 0.29) is 33.9 Å². The standard InChI is InChI=1S/C78H77FN4O/c1-49(2)63-25-21-26-64(50(3)4)74(63)55-40-60(46-62(41-55)84-61-34-35-66-65-24-17-18-27-69(65)83(72(66)47-61)73-45-56(36-37-80-73)76(5,6)7)81-48-82(71-29-20-19-28-70(71)81)75-67(52-30-32-59(79)33-31-52)42-53(51-22-15-14-16-23-51)43-68(75)54-38-57(77(8,9)10)44-58(39-54)78(11,12)13/h14-47,49-50H,48H2,1-13H3. The van der Waals surface area contributed by atoms with Gasteiger partial charge in [0.25, 0.3) is 0 Å². The van der Waals surface area contributed by atoms with Crippen LogP contribution in [0.1, 0.15) is 130 Å². The number of rotatable bonds is 11. The summed E-state index contributed by atoms with van der Waals surface area (Å²) in [7, 11) is 0. The van der Waals surface area contributed by atoms with Gasteiger partial charge in [-0.05, 0) is 168 Å². The molecule has 5 nitrogen and oxygen atoms in total. The fourth-order valence-electron chi connectivity index (χ4n) is 12.3. The zero-order chi connectivity index (χ0) is 59.0. The van der Waals surface area contributed by atoms with E-state index in [4.69, 9.17) is 9.72 Å². The summed E-state index contributed by atoms with van der Waals surface area (Å²) in [6.07, 6.45) is 1.93. The van der Waals surface area contributed by atoms with Gasteiger partial charge in [-0.2, -0.15) is 0 Å². The minimum atomic E-state index is -0.270. The second kappa shape index (κ2) is 21.5. The van der Waals surface area contributed by atoms with E-state index < -0.39 is 0 Å². The highest BCUT2D eigenvalue weighted by molar-refractivity contribution is 6.09. The molecule has 0 bridgehead atoms. The van der Waals surface area contributed by atoms with Gasteiger partial charge in [-0.1, -0.05) is 199 Å². The molecular formula is C78H77FN4O. The van der Waals surface area contributed by atoms with Crippen LogP contribution in [-0.4, -0.2) is 16.2 Å². The van der Waals surface area contributed by atoms with Gasteiger partial charge < -0.3 is 14.5 Å². The first-order chi connectivity index (χ1) is 40.1. The lowest BCUT2D eigenvalue weighted by Crippen LogP contribution is -2.25. The number of pyridine rings is 1. The number of fused-ring (bicyclic) bond motifs is 4. The van der Waals surface area contributed by atoms with Crippen LogP contribution in [0.15, 0.2) is 206 Å². The highest BCUT2D eigenvalue weighted by atomic mass is 19.1. The van der Waals surface area contributed by atoms with Crippen molar-refractivity contribution in [3.63, 3.8) is 0 Å². The number of benzene rings is 9. The van der Waals surface area contributed by atoms with Gasteiger partial charge in [0.05, 0.1) is 28.1 Å². The van der Waals surface area contributed by atoms with Gasteiger partial charge in [-0.3, -0.25) is 4.57 Å². The molecule has 0 amide bonds. The molecule has 0 fully saturated rings. The summed E-state index contributed by atoms with van der Waals surface area (Å²) in [5.41, 5.74) is 21.1. The highest BCUT2D eigenvalue weighted by Crippen LogP contribution is 2.53. The van der Waals surface area contributed by atoms with Gasteiger partial charge in [0.15, 0.2) is 0 Å². The molecule has 1 aliphatic rings. The normalized spacial score (nSPS) is 13.0. The molecule has 0 unspecified atom stereocenters. The molecule has 9 aromatic carbocycles. The topological polar surface area (TPSA) is 33.5 Å². The van der Waals surface area contributed by atoms with Gasteiger partial charge >= 0.3 is 0 Å². The van der Waals surface area contributed by atoms with Crippen molar-refractivity contribution in [2.75, 3.05) is 16.5 Å². The summed E-state index contributed by atoms with van der Waals surface area (Å²) in [5.74, 6) is 2.59. The second-order valence-corrected chi connectivity index (χ2v) is 26.7. The summed E-state index contributed by atoms with van der Waals surface area (Å²) in [6.45, 7) is 30.2. The Morgan fingerprint density at radius 2 is 1.04 bits per heavy atom. The smallest absolute Gasteiger partial charge is 0.137 e. The molecule has 0 spiro atoms. The van der Waals surface area contributed by atoms with E-state index in [0.29, 0.717) is 6.67 Å². The van der Waals surface area contributed by atoms with E-state index in [1.54, 1.807) is 12.1 Å². The second-order valence-electron chi connectivity index (χ2n) is 26.7. The van der Waals surface area contributed by atoms with Crippen LogP contribution >= 0.6 is 0 Å². The molecule has 0 radical (unpaired) electrons. The Morgan fingerprint density at radius 3 is 1.68 bits per heavy atom. The predicted octanol–water partition coefficient (Wildman–Crippen LogP) is 22.2. The number of hydrogen-bond donors (Lipinski definition) is 0. The van der Waals surface area contributed by atoms with Crippen molar-refractivity contribution < 1.29 is 9.13 Å². The van der Waals surface area contributed by atoms with Crippen molar-refractivity contribution in [3.8, 4) is 61.8 Å². The van der Waals surface area contributed by atoms with E-state index in [1.165, 1.54) is 33.4 Å². The quantitative estimate of drug-likeness (QED) is 0.129. The monoisotopic (exact) mass is 1100 g/mol. The number of nitrogens with zero attached hydrogens (tertiary/aromatic N) is 4. The van der Waals surface area contributed by atoms with Crippen LogP contribution in [0, 0.1) is 5.82 Å². The molecule has 0 aliphatic carbocycles. The first-order valence-electron chi connectivity index (χ1n) is 29.9. The Labute approximate surface area is 497 Å². The lowest BCUT2D eigenvalue weighted by Gasteiger charge is -2.30. The lowest BCUT2D eigenvalue weighted by atomic mass is 9.78. The fraction of sp³-hybridized carbons (Fsp3) is 0.244. The summed E-state index contributed by atoms with van der Waals surface area (Å²) < 4.78 is 24.7. The third-order valence-electron chi connectivity index (χ3n) is 17.0. The first-order valence-corrected chi connectivity index (χ1v) is 29.9. The maximum absolute atomic E-state index is 15.1. The summed E-state index contributed by atoms with van der Waals surface area (Å²) in [4.78, 5) is 9.93. The molecular weight excluding hydrogens is 1030 g/mol. The van der Waals surface area contributed by atoms with E-state index in [0.717, 1.165) is 101 Å². The summed E-state index contributed by atoms with van der Waals surface area (Å²) in [5, 5.41) is 2.29. The molecule has 0 atom stereocenters. The molecule has 0 saturated carbocycles. The molecule has 1 aliphatic heterocycles. The van der Waals surface area contributed by atoms with Crippen LogP contribution in [0.25, 0.3) is 72.1 Å². The van der Waals surface area contributed by atoms with Crippen LogP contribution in [-0.2, 0) is 16.2 Å². The van der Waals surface area contributed by atoms with Crippen molar-refractivity contribution in [2.45, 2.75) is 118 Å². The lowest BCUT2D eigenvalue weighted by molar-refractivity contribution is 0.483. The van der Waals surface area contributed by atoms with Crippen LogP contribution < -0.4 is 14.5 Å². The van der Waals surface area contributed by atoms with Crippen molar-refractivity contribution in [2.24, 2.45) is 0 Å². The molecule has 0 N–H and O–H groups in total. The molecule has 2 aromatic heterocycles. The Balaban J connectivity index is 1.08. The van der Waals surface area contributed by atoms with Crippen LogP contribution in [0.4, 0.5) is 27.1 Å². The maximum Gasteiger partial charge on any atom is 0.137 e. The minimum absolute atomic E-state index is 0.0572. The Bertz CT molecular complexity index is 4220. The third-order valence-corrected chi connectivity index (χ3v) is 17.0. The SMILES string of the molecule is CC(C)c1cccc(C(C)C)c1-c1cc(Oc2ccc3c4ccccc4n(-c4cc(C(C)(C)C)ccn4)c3c2)cc(N2CN(c3c(-c4ccc(F)cc4)cc(-c4ccccc4)cc3-c3cc(C(C)(C)C)cc(C(C)(C)C)c3)c3ccccc32)c1. The number of hydrogen-bond acceptors (Lipinski definition) is 4. The number of anilines is 4. The van der Waals surface area contributed by atoms with Gasteiger partial charge in [0, 0.05) is 45.9 Å². The largest absolute Gasteiger partial charge is 0.457 e. The predicted molar refractivity (Wildman–Crippen MR) is 353 cm³/mol. The zero-order valence-corrected chi connectivity index (χ0v) is 51.1. The molecule has 84 heavy (non-hydrogen) atoms. The maximum atomic E-state index is 15.1. The third kappa shape index (κ3) is 10.6. The minimum Gasteiger partial charge on any atom is -0.457 e. The van der Waals surface area contributed by atoms with E-state index in [9.17, 15) is 0 Å². The summed E-state index contributed by atoms with van der Waals surface area (Å²) >= 11 is 0. The van der Waals surface area contributed by atoms with E-state index in [1.807, 2.05) is 18.3 Å². The Hall–Kier alpha value is -8.74. The van der Waals surface area contributed by atoms with Crippen LogP contribution in [0.2, 0.25) is 0 Å². The average Bonchev–Trinajstić information content (AvgIpc) is 3.61. The van der Waals surface area contributed by atoms with Gasteiger partial charge in [0.2, 0.25) is 0 Å². The average molecular weight is 1110 g/mol. The van der Waals surface area contributed by atoms with Crippen molar-refractivity contribution >= 4 is 44.6 Å². The molecule has 11 aromatic rings. The highest BCUT2D eigenvalue weighted by Gasteiger charge is 2.34. The zero-order valence-electron chi connectivity index (χ0n) is 51.1. The number of ether oxygens (including phenoxy) is 1. The van der Waals surface area contributed by atoms with Crippen molar-refractivity contribution in [1.29, 1.82) is 0 Å². The molecule has 0 saturated heterocycles. The molecule has 3 heterocycles. The number of halogens is 1. The number of aromatic nitrogens is 2. The molecule has 12 rings (SSSR count). The molecule has 422 valence electrons. The van der Waals surface area contributed by atoms with Crippen molar-refractivity contribution in [1.82, 2.24) is 9.55 Å². The van der Waals surface area contributed by atoms with E-state index in [2.05, 4.69) is 280 Å². The molecule has 6 heteroatoms. The fourth-order valence-corrected chi connectivity index (χ4v) is 12.3. The van der Waals surface area contributed by atoms with Crippen molar-refractivity contribution in [3.05, 3.63) is 240 Å². The van der Waals surface area contributed by atoms with Gasteiger partial charge in [-0.25, -0.2) is 9.37 Å². The van der Waals surface area contributed by atoms with E-state index >= 15 is 4.39 Å². The summed E-state index contributed by atoms with van der Waals surface area (Å²) in [6, 6.07) is 71.4. The van der Waals surface area contributed by atoms with Crippen LogP contribution in [0.5, 0.6) is 11.5 Å². The van der Waals surface area contributed by atoms with Crippen LogP contribution in [0.3, 0.4) is 0 Å². The Morgan fingerprint density at radius 1 is 0.440 bits per heavy atom. The van der Waals surface area contributed by atoms with Gasteiger partial charge in [-0.15, -0.1) is 0 Å². The first kappa shape index (κ1) is 55.8. The van der Waals surface area contributed by atoms with Gasteiger partial charge in [0.1, 0.15) is 29.8 Å².